The number of aryl methyl sites for hydroxylation is 1. The molecule has 3 nitrogen and oxygen atoms in total. The first kappa shape index (κ1) is 11.7. The van der Waals surface area contributed by atoms with Crippen LogP contribution in [-0.4, -0.2) is 10.6 Å². The van der Waals surface area contributed by atoms with Gasteiger partial charge in [-0.05, 0) is 45.4 Å². The Morgan fingerprint density at radius 1 is 1.12 bits per heavy atom. The lowest BCUT2D eigenvalue weighted by atomic mass is 10.1. The van der Waals surface area contributed by atoms with Gasteiger partial charge in [0, 0.05) is 11.5 Å². The third-order valence-electron chi connectivity index (χ3n) is 2.49. The predicted octanol–water partition coefficient (Wildman–Crippen LogP) is 3.01. The van der Waals surface area contributed by atoms with E-state index in [2.05, 4.69) is 4.98 Å². The van der Waals surface area contributed by atoms with E-state index in [-0.39, 0.29) is 11.2 Å². The fourth-order valence-corrected chi connectivity index (χ4v) is 1.79. The first-order valence-corrected chi connectivity index (χ1v) is 5.68. The van der Waals surface area contributed by atoms with E-state index in [1.165, 1.54) is 6.07 Å². The summed E-state index contributed by atoms with van der Waals surface area (Å²) < 4.78 is 5.85. The van der Waals surface area contributed by atoms with Gasteiger partial charge in [0.2, 0.25) is 5.56 Å². The molecule has 0 radical (unpaired) electrons. The smallest absolute Gasteiger partial charge is 0.248 e. The molecule has 0 saturated heterocycles. The van der Waals surface area contributed by atoms with E-state index in [4.69, 9.17) is 4.74 Å². The molecule has 1 heterocycles. The largest absolute Gasteiger partial charge is 0.486 e. The lowest BCUT2D eigenvalue weighted by Gasteiger charge is -2.22. The first-order valence-electron chi connectivity index (χ1n) is 5.68. The molecule has 0 unspecified atom stereocenters. The van der Waals surface area contributed by atoms with Gasteiger partial charge < -0.3 is 9.72 Å². The first-order chi connectivity index (χ1) is 7.87. The Morgan fingerprint density at radius 3 is 2.47 bits per heavy atom. The predicted molar refractivity (Wildman–Crippen MR) is 69.7 cm³/mol. The lowest BCUT2D eigenvalue weighted by molar-refractivity contribution is 0.133. The summed E-state index contributed by atoms with van der Waals surface area (Å²) in [5, 5.41) is 1.02. The number of ether oxygens (including phenoxy) is 1. The molecular formula is C14H17NO2. The molecule has 0 aliphatic rings. The number of nitrogens with one attached hydrogen (secondary N) is 1. The zero-order valence-electron chi connectivity index (χ0n) is 10.6. The number of hydrogen-bond acceptors (Lipinski definition) is 2. The van der Waals surface area contributed by atoms with Gasteiger partial charge in [-0.1, -0.05) is 6.07 Å². The van der Waals surface area contributed by atoms with Crippen LogP contribution in [-0.2, 0) is 0 Å². The molecule has 0 aliphatic heterocycles. The Hall–Kier alpha value is -1.77. The van der Waals surface area contributed by atoms with E-state index in [0.29, 0.717) is 0 Å². The van der Waals surface area contributed by atoms with Crippen LogP contribution in [0.4, 0.5) is 0 Å². The highest BCUT2D eigenvalue weighted by molar-refractivity contribution is 5.87. The van der Waals surface area contributed by atoms with Crippen LogP contribution in [0.5, 0.6) is 5.75 Å². The van der Waals surface area contributed by atoms with Gasteiger partial charge in [0.05, 0.1) is 5.52 Å². The van der Waals surface area contributed by atoms with Gasteiger partial charge in [-0.3, -0.25) is 4.79 Å². The van der Waals surface area contributed by atoms with E-state index in [1.54, 1.807) is 0 Å². The fourth-order valence-electron chi connectivity index (χ4n) is 1.79. The SMILES string of the molecule is Cc1ccc(OC(C)(C)C)c2[nH]c(=O)ccc12. The monoisotopic (exact) mass is 231 g/mol. The molecule has 1 aromatic heterocycles. The summed E-state index contributed by atoms with van der Waals surface area (Å²) >= 11 is 0. The summed E-state index contributed by atoms with van der Waals surface area (Å²) in [5.74, 6) is 0.718. The van der Waals surface area contributed by atoms with Crippen LogP contribution >= 0.6 is 0 Å². The third-order valence-corrected chi connectivity index (χ3v) is 2.49. The average molecular weight is 231 g/mol. The molecule has 0 saturated carbocycles. The molecule has 0 fully saturated rings. The zero-order valence-corrected chi connectivity index (χ0v) is 10.6. The highest BCUT2D eigenvalue weighted by Crippen LogP contribution is 2.28. The highest BCUT2D eigenvalue weighted by atomic mass is 16.5. The number of pyridine rings is 1. The number of hydrogen-bond donors (Lipinski definition) is 1. The van der Waals surface area contributed by atoms with Crippen LogP contribution in [0.15, 0.2) is 29.1 Å². The maximum Gasteiger partial charge on any atom is 0.248 e. The summed E-state index contributed by atoms with van der Waals surface area (Å²) in [4.78, 5) is 14.2. The number of rotatable bonds is 1. The molecular weight excluding hydrogens is 214 g/mol. The van der Waals surface area contributed by atoms with Crippen molar-refractivity contribution in [1.82, 2.24) is 4.98 Å². The second-order valence-electron chi connectivity index (χ2n) is 5.21. The van der Waals surface area contributed by atoms with Crippen molar-refractivity contribution in [3.63, 3.8) is 0 Å². The average Bonchev–Trinajstić information content (AvgIpc) is 2.20. The van der Waals surface area contributed by atoms with E-state index in [0.717, 1.165) is 22.2 Å². The van der Waals surface area contributed by atoms with Crippen molar-refractivity contribution in [3.8, 4) is 5.75 Å². The summed E-state index contributed by atoms with van der Waals surface area (Å²) in [6.07, 6.45) is 0. The van der Waals surface area contributed by atoms with Crippen molar-refractivity contribution in [2.75, 3.05) is 0 Å². The van der Waals surface area contributed by atoms with Crippen molar-refractivity contribution in [2.45, 2.75) is 33.3 Å². The van der Waals surface area contributed by atoms with E-state index >= 15 is 0 Å². The molecule has 0 spiro atoms. The molecule has 90 valence electrons. The fraction of sp³-hybridized carbons (Fsp3) is 0.357. The Kier molecular flexibility index (Phi) is 2.69. The van der Waals surface area contributed by atoms with Gasteiger partial charge in [0.25, 0.3) is 0 Å². The number of aromatic amines is 1. The molecule has 3 heteroatoms. The number of aromatic nitrogens is 1. The molecule has 1 N–H and O–H groups in total. The quantitative estimate of drug-likeness (QED) is 0.819. The minimum atomic E-state index is -0.283. The summed E-state index contributed by atoms with van der Waals surface area (Å²) in [7, 11) is 0. The standard InChI is InChI=1S/C14H17NO2/c1-9-5-7-11(17-14(2,3)4)13-10(9)6-8-12(16)15-13/h5-8H,1-4H3,(H,15,16). The molecule has 0 aliphatic carbocycles. The van der Waals surface area contributed by atoms with Gasteiger partial charge in [0.15, 0.2) is 0 Å². The van der Waals surface area contributed by atoms with Crippen molar-refractivity contribution < 1.29 is 4.74 Å². The van der Waals surface area contributed by atoms with Crippen molar-refractivity contribution >= 4 is 10.9 Å². The number of H-pyrrole nitrogens is 1. The van der Waals surface area contributed by atoms with Crippen LogP contribution in [0.3, 0.4) is 0 Å². The minimum Gasteiger partial charge on any atom is -0.486 e. The maximum absolute atomic E-state index is 11.4. The van der Waals surface area contributed by atoms with Crippen LogP contribution in [0.2, 0.25) is 0 Å². The number of fused-ring (bicyclic) bond motifs is 1. The minimum absolute atomic E-state index is 0.109. The van der Waals surface area contributed by atoms with E-state index in [1.807, 2.05) is 45.9 Å². The van der Waals surface area contributed by atoms with Gasteiger partial charge in [0.1, 0.15) is 11.4 Å². The van der Waals surface area contributed by atoms with Gasteiger partial charge in [-0.2, -0.15) is 0 Å². The van der Waals surface area contributed by atoms with Crippen molar-refractivity contribution in [2.24, 2.45) is 0 Å². The Labute approximate surface area is 100 Å². The Bertz CT molecular complexity index is 606. The number of benzene rings is 1. The molecule has 2 aromatic rings. The topological polar surface area (TPSA) is 42.1 Å². The van der Waals surface area contributed by atoms with E-state index in [9.17, 15) is 4.79 Å². The van der Waals surface area contributed by atoms with Crippen LogP contribution in [0.1, 0.15) is 26.3 Å². The van der Waals surface area contributed by atoms with Gasteiger partial charge in [-0.15, -0.1) is 0 Å². The molecule has 1 aromatic carbocycles. The molecule has 0 bridgehead atoms. The molecule has 0 amide bonds. The van der Waals surface area contributed by atoms with E-state index < -0.39 is 0 Å². The molecule has 0 atom stereocenters. The Morgan fingerprint density at radius 2 is 1.82 bits per heavy atom. The van der Waals surface area contributed by atoms with Crippen molar-refractivity contribution in [1.29, 1.82) is 0 Å². The summed E-state index contributed by atoms with van der Waals surface area (Å²) in [6.45, 7) is 7.97. The summed E-state index contributed by atoms with van der Waals surface area (Å²) in [6, 6.07) is 7.27. The summed E-state index contributed by atoms with van der Waals surface area (Å²) in [5.41, 5.74) is 1.50. The highest BCUT2D eigenvalue weighted by Gasteiger charge is 2.14. The van der Waals surface area contributed by atoms with Gasteiger partial charge in [-0.25, -0.2) is 0 Å². The third kappa shape index (κ3) is 2.49. The lowest BCUT2D eigenvalue weighted by Crippen LogP contribution is -2.23. The molecule has 17 heavy (non-hydrogen) atoms. The van der Waals surface area contributed by atoms with Crippen LogP contribution in [0.25, 0.3) is 10.9 Å². The Balaban J connectivity index is 2.68. The van der Waals surface area contributed by atoms with Gasteiger partial charge >= 0.3 is 0 Å². The second-order valence-corrected chi connectivity index (χ2v) is 5.21. The maximum atomic E-state index is 11.4. The normalized spacial score (nSPS) is 11.8. The van der Waals surface area contributed by atoms with Crippen LogP contribution < -0.4 is 10.3 Å². The zero-order chi connectivity index (χ0) is 12.6. The van der Waals surface area contributed by atoms with Crippen molar-refractivity contribution in [3.05, 3.63) is 40.2 Å². The molecule has 2 rings (SSSR count). The second kappa shape index (κ2) is 3.91. The van der Waals surface area contributed by atoms with Crippen LogP contribution in [0, 0.1) is 6.92 Å².